The van der Waals surface area contributed by atoms with E-state index in [9.17, 15) is 0 Å². The van der Waals surface area contributed by atoms with Gasteiger partial charge in [0.25, 0.3) is 0 Å². The molecule has 0 radical (unpaired) electrons. The first-order chi connectivity index (χ1) is 14.8. The third kappa shape index (κ3) is 3.81. The van der Waals surface area contributed by atoms with Crippen LogP contribution in [0, 0.1) is 5.92 Å². The van der Waals surface area contributed by atoms with Crippen LogP contribution in [0.3, 0.4) is 0 Å². The Balaban J connectivity index is 1.51. The highest BCUT2D eigenvalue weighted by Gasteiger charge is 2.44. The molecule has 3 atom stereocenters. The van der Waals surface area contributed by atoms with E-state index in [4.69, 9.17) is 5.10 Å². The lowest BCUT2D eigenvalue weighted by Gasteiger charge is -2.33. The van der Waals surface area contributed by atoms with Crippen LogP contribution in [0.1, 0.15) is 22.7 Å². The molecule has 0 bridgehead atoms. The van der Waals surface area contributed by atoms with Gasteiger partial charge in [0.1, 0.15) is 13.1 Å². The van der Waals surface area contributed by atoms with Crippen LogP contribution in [0.2, 0.25) is 0 Å². The lowest BCUT2D eigenvalue weighted by atomic mass is 9.83. The third-order valence-electron chi connectivity index (χ3n) is 6.26. The van der Waals surface area contributed by atoms with Crippen molar-refractivity contribution in [1.29, 1.82) is 0 Å². The minimum atomic E-state index is 0.298. The summed E-state index contributed by atoms with van der Waals surface area (Å²) >= 11 is 0. The molecular weight excluding hydrogens is 366 g/mol. The zero-order chi connectivity index (χ0) is 20.3. The summed E-state index contributed by atoms with van der Waals surface area (Å²) in [5, 5.41) is 7.24. The fraction of sp³-hybridized carbons (Fsp3) is 0.222. The molecule has 3 aromatic carbocycles. The second-order valence-corrected chi connectivity index (χ2v) is 8.39. The summed E-state index contributed by atoms with van der Waals surface area (Å²) in [6.07, 6.45) is 2.34. The number of rotatable bonds is 4. The number of quaternary nitrogens is 1. The minimum absolute atomic E-state index is 0.298. The van der Waals surface area contributed by atoms with Crippen LogP contribution in [0.25, 0.3) is 6.08 Å². The van der Waals surface area contributed by atoms with Crippen molar-refractivity contribution in [2.24, 2.45) is 11.0 Å². The normalized spacial score (nSPS) is 24.6. The number of benzene rings is 3. The quantitative estimate of drug-likeness (QED) is 0.713. The van der Waals surface area contributed by atoms with Crippen molar-refractivity contribution in [2.45, 2.75) is 12.6 Å². The summed E-state index contributed by atoms with van der Waals surface area (Å²) in [6, 6.07) is 32.7. The molecule has 0 spiro atoms. The lowest BCUT2D eigenvalue weighted by Crippen LogP contribution is -3.13. The molecule has 1 saturated heterocycles. The minimum Gasteiger partial charge on any atom is -0.327 e. The summed E-state index contributed by atoms with van der Waals surface area (Å²) in [6.45, 7) is 3.15. The van der Waals surface area contributed by atoms with Gasteiger partial charge in [-0.1, -0.05) is 91.0 Å². The van der Waals surface area contributed by atoms with Crippen molar-refractivity contribution >= 4 is 11.8 Å². The highest BCUT2D eigenvalue weighted by Crippen LogP contribution is 2.37. The van der Waals surface area contributed by atoms with Crippen molar-refractivity contribution in [2.75, 3.05) is 20.1 Å². The van der Waals surface area contributed by atoms with Gasteiger partial charge in [-0.3, -0.25) is 5.01 Å². The Kier molecular flexibility index (Phi) is 5.20. The molecule has 1 unspecified atom stereocenters. The van der Waals surface area contributed by atoms with Crippen molar-refractivity contribution < 1.29 is 4.90 Å². The number of hydrazone groups is 1. The predicted octanol–water partition coefficient (Wildman–Crippen LogP) is 3.83. The highest BCUT2D eigenvalue weighted by atomic mass is 15.5. The first kappa shape index (κ1) is 18.8. The van der Waals surface area contributed by atoms with Gasteiger partial charge >= 0.3 is 0 Å². The molecule has 1 N–H and O–H groups in total. The molecule has 2 aliphatic heterocycles. The lowest BCUT2D eigenvalue weighted by molar-refractivity contribution is -0.913. The van der Waals surface area contributed by atoms with Crippen LogP contribution in [0.4, 0.5) is 0 Å². The molecule has 3 aromatic rings. The number of hydrogen-bond acceptors (Lipinski definition) is 2. The predicted molar refractivity (Wildman–Crippen MR) is 123 cm³/mol. The molecule has 0 saturated carbocycles. The Hall–Kier alpha value is -3.17. The van der Waals surface area contributed by atoms with Gasteiger partial charge in [0.2, 0.25) is 0 Å². The van der Waals surface area contributed by atoms with Crippen LogP contribution in [-0.2, 0) is 6.54 Å². The third-order valence-corrected chi connectivity index (χ3v) is 6.26. The van der Waals surface area contributed by atoms with E-state index >= 15 is 0 Å². The molecule has 0 aromatic heterocycles. The van der Waals surface area contributed by atoms with E-state index in [1.807, 2.05) is 0 Å². The Morgan fingerprint density at radius 2 is 1.53 bits per heavy atom. The fourth-order valence-corrected chi connectivity index (χ4v) is 4.96. The van der Waals surface area contributed by atoms with E-state index < -0.39 is 0 Å². The van der Waals surface area contributed by atoms with Crippen molar-refractivity contribution in [1.82, 2.24) is 5.01 Å². The molecule has 1 fully saturated rings. The zero-order valence-corrected chi connectivity index (χ0v) is 17.4. The monoisotopic (exact) mass is 394 g/mol. The maximum Gasteiger partial charge on any atom is 0.105 e. The Morgan fingerprint density at radius 3 is 2.23 bits per heavy atom. The largest absolute Gasteiger partial charge is 0.327 e. The van der Waals surface area contributed by atoms with Crippen LogP contribution >= 0.6 is 0 Å². The second-order valence-electron chi connectivity index (χ2n) is 8.39. The van der Waals surface area contributed by atoms with Crippen LogP contribution in [-0.4, -0.2) is 30.9 Å². The standard InChI is InChI=1S/C27H27N3/c1-29-27(23-15-9-4-10-16-23)25-20-30(18-22-13-7-3-8-14-22)19-24(26(25)28-29)17-21-11-5-2-6-12-21/h2-17,25,27H,18-20H2,1H3/p+1/t25-,27-/m1/s1. The van der Waals surface area contributed by atoms with Crippen LogP contribution in [0.15, 0.2) is 102 Å². The van der Waals surface area contributed by atoms with Gasteiger partial charge in [-0.2, -0.15) is 5.10 Å². The SMILES string of the molecule is CN1N=C2C(=Cc3ccccc3)C[NH+](Cc3ccccc3)C[C@H]2[C@H]1c1ccccc1. The van der Waals surface area contributed by atoms with E-state index in [-0.39, 0.29) is 0 Å². The summed E-state index contributed by atoms with van der Waals surface area (Å²) in [5.74, 6) is 0.403. The van der Waals surface area contributed by atoms with Gasteiger partial charge in [-0.15, -0.1) is 0 Å². The van der Waals surface area contributed by atoms with Crippen molar-refractivity contribution in [3.63, 3.8) is 0 Å². The molecule has 30 heavy (non-hydrogen) atoms. The van der Waals surface area contributed by atoms with E-state index in [2.05, 4.69) is 109 Å². The number of hydrogen-bond donors (Lipinski definition) is 1. The number of fused-ring (bicyclic) bond motifs is 1. The fourth-order valence-electron chi connectivity index (χ4n) is 4.96. The van der Waals surface area contributed by atoms with Gasteiger partial charge in [-0.05, 0) is 17.2 Å². The van der Waals surface area contributed by atoms with E-state index in [0.717, 1.165) is 19.6 Å². The van der Waals surface area contributed by atoms with Crippen molar-refractivity contribution in [3.05, 3.63) is 113 Å². The van der Waals surface area contributed by atoms with Crippen LogP contribution in [0.5, 0.6) is 0 Å². The number of likely N-dealkylation sites (tertiary alicyclic amines) is 1. The molecule has 3 nitrogen and oxygen atoms in total. The molecule has 5 rings (SSSR count). The zero-order valence-electron chi connectivity index (χ0n) is 17.4. The van der Waals surface area contributed by atoms with Gasteiger partial charge in [0.15, 0.2) is 0 Å². The first-order valence-corrected chi connectivity index (χ1v) is 10.8. The topological polar surface area (TPSA) is 20.0 Å². The molecular formula is C27H28N3+. The average Bonchev–Trinajstić information content (AvgIpc) is 3.12. The second kappa shape index (κ2) is 8.29. The van der Waals surface area contributed by atoms with Gasteiger partial charge in [0, 0.05) is 18.2 Å². The molecule has 150 valence electrons. The first-order valence-electron chi connectivity index (χ1n) is 10.8. The number of piperidine rings is 1. The van der Waals surface area contributed by atoms with E-state index in [1.165, 1.54) is 28.0 Å². The smallest absolute Gasteiger partial charge is 0.105 e. The number of nitrogens with one attached hydrogen (secondary N) is 1. The molecule has 0 amide bonds. The average molecular weight is 395 g/mol. The summed E-state index contributed by atoms with van der Waals surface area (Å²) in [4.78, 5) is 1.60. The summed E-state index contributed by atoms with van der Waals surface area (Å²) < 4.78 is 0. The van der Waals surface area contributed by atoms with Crippen molar-refractivity contribution in [3.8, 4) is 0 Å². The Bertz CT molecular complexity index is 1040. The Labute approximate surface area is 179 Å². The van der Waals surface area contributed by atoms with Crippen LogP contribution < -0.4 is 4.90 Å². The summed E-state index contributed by atoms with van der Waals surface area (Å²) in [5.41, 5.74) is 6.64. The van der Waals surface area contributed by atoms with Gasteiger partial charge in [0.05, 0.1) is 24.2 Å². The molecule has 0 aliphatic carbocycles. The molecule has 2 aliphatic rings. The molecule has 2 heterocycles. The summed E-state index contributed by atoms with van der Waals surface area (Å²) in [7, 11) is 2.12. The maximum absolute atomic E-state index is 5.06. The molecule has 3 heteroatoms. The Morgan fingerprint density at radius 1 is 0.900 bits per heavy atom. The van der Waals surface area contributed by atoms with E-state index in [0.29, 0.717) is 12.0 Å². The van der Waals surface area contributed by atoms with E-state index in [1.54, 1.807) is 4.90 Å². The van der Waals surface area contributed by atoms with Gasteiger partial charge < -0.3 is 4.90 Å². The maximum atomic E-state index is 5.06. The highest BCUT2D eigenvalue weighted by molar-refractivity contribution is 6.07. The number of nitrogens with zero attached hydrogens (tertiary/aromatic N) is 2. The van der Waals surface area contributed by atoms with Gasteiger partial charge in [-0.25, -0.2) is 0 Å².